The summed E-state index contributed by atoms with van der Waals surface area (Å²) >= 11 is 1.75. The van der Waals surface area contributed by atoms with Crippen LogP contribution in [0.5, 0.6) is 0 Å². The minimum atomic E-state index is -0.307. The van der Waals surface area contributed by atoms with E-state index in [0.717, 1.165) is 18.5 Å². The van der Waals surface area contributed by atoms with Crippen molar-refractivity contribution in [2.75, 3.05) is 10.7 Å². The molecule has 4 rings (SSSR count). The monoisotopic (exact) mass is 316 g/mol. The summed E-state index contributed by atoms with van der Waals surface area (Å²) in [6.07, 6.45) is 2.32. The van der Waals surface area contributed by atoms with E-state index in [1.54, 1.807) is 11.8 Å². The lowest BCUT2D eigenvalue weighted by molar-refractivity contribution is -0.136. The first kappa shape index (κ1) is 14.1. The Balaban J connectivity index is 1.67. The minimum Gasteiger partial charge on any atom is -0.315 e. The minimum absolute atomic E-state index is 0.0870. The van der Waals surface area contributed by atoms with Gasteiger partial charge in [-0.15, -0.1) is 11.8 Å². The van der Waals surface area contributed by atoms with Crippen molar-refractivity contribution in [1.29, 1.82) is 0 Å². The molecule has 0 spiro atoms. The Labute approximate surface area is 134 Å². The average molecular weight is 316 g/mol. The summed E-state index contributed by atoms with van der Waals surface area (Å²) in [6, 6.07) is 7.97. The molecule has 3 heterocycles. The Bertz CT molecular complexity index is 662. The van der Waals surface area contributed by atoms with Crippen molar-refractivity contribution in [3.8, 4) is 0 Å². The average Bonchev–Trinajstić information content (AvgIpc) is 3.09. The third-order valence-electron chi connectivity index (χ3n) is 5.17. The van der Waals surface area contributed by atoms with Gasteiger partial charge in [0.05, 0.1) is 4.87 Å². The van der Waals surface area contributed by atoms with E-state index in [9.17, 15) is 9.59 Å². The van der Waals surface area contributed by atoms with Crippen LogP contribution in [0.2, 0.25) is 0 Å². The van der Waals surface area contributed by atoms with E-state index in [1.807, 2.05) is 28.0 Å². The molecule has 1 aromatic rings. The summed E-state index contributed by atoms with van der Waals surface area (Å²) in [5.41, 5.74) is 2.25. The van der Waals surface area contributed by atoms with Gasteiger partial charge < -0.3 is 9.80 Å². The van der Waals surface area contributed by atoms with Crippen LogP contribution in [-0.2, 0) is 16.0 Å². The summed E-state index contributed by atoms with van der Waals surface area (Å²) < 4.78 is 0. The second-order valence-corrected chi connectivity index (χ2v) is 8.16. The number of anilines is 1. The zero-order valence-electron chi connectivity index (χ0n) is 12.9. The fourth-order valence-corrected chi connectivity index (χ4v) is 5.49. The van der Waals surface area contributed by atoms with E-state index in [4.69, 9.17) is 0 Å². The number of para-hydroxylation sites is 1. The highest BCUT2D eigenvalue weighted by atomic mass is 32.2. The topological polar surface area (TPSA) is 40.6 Å². The molecule has 3 aliphatic heterocycles. The molecule has 0 radical (unpaired) electrons. The summed E-state index contributed by atoms with van der Waals surface area (Å²) in [4.78, 5) is 29.0. The van der Waals surface area contributed by atoms with Crippen LogP contribution in [0.25, 0.3) is 0 Å². The molecular weight excluding hydrogens is 296 g/mol. The maximum absolute atomic E-state index is 13.2. The lowest BCUT2D eigenvalue weighted by Crippen LogP contribution is -2.52. The first-order valence-electron chi connectivity index (χ1n) is 7.88. The molecule has 116 valence electrons. The van der Waals surface area contributed by atoms with Gasteiger partial charge in [0.25, 0.3) is 5.91 Å². The van der Waals surface area contributed by atoms with Crippen LogP contribution in [0.1, 0.15) is 32.3 Å². The Kier molecular flexibility index (Phi) is 3.05. The van der Waals surface area contributed by atoms with E-state index >= 15 is 0 Å². The maximum Gasteiger partial charge on any atom is 0.250 e. The standard InChI is InChI=1S/C17H20N2O2S/c1-11-9-12-5-3-4-6-13(12)18(11)16(21)14-10-22-17(2)8-7-15(20)19(14)17/h3-6,11,14H,7-10H2,1-2H3. The van der Waals surface area contributed by atoms with Crippen molar-refractivity contribution >= 4 is 29.3 Å². The Morgan fingerprint density at radius 1 is 1.36 bits per heavy atom. The zero-order chi connectivity index (χ0) is 15.5. The highest BCUT2D eigenvalue weighted by Gasteiger charge is 2.54. The molecule has 2 fully saturated rings. The van der Waals surface area contributed by atoms with Gasteiger partial charge in [0, 0.05) is 23.9 Å². The van der Waals surface area contributed by atoms with Crippen LogP contribution in [-0.4, -0.2) is 39.4 Å². The maximum atomic E-state index is 13.2. The van der Waals surface area contributed by atoms with Gasteiger partial charge in [-0.2, -0.15) is 0 Å². The van der Waals surface area contributed by atoms with Gasteiger partial charge in [-0.05, 0) is 38.3 Å². The molecule has 0 aromatic heterocycles. The van der Waals surface area contributed by atoms with Crippen LogP contribution in [0.4, 0.5) is 5.69 Å². The Hall–Kier alpha value is -1.49. The Morgan fingerprint density at radius 3 is 2.95 bits per heavy atom. The van der Waals surface area contributed by atoms with Crippen LogP contribution in [0.15, 0.2) is 24.3 Å². The lowest BCUT2D eigenvalue weighted by atomic mass is 10.1. The molecule has 5 heteroatoms. The molecule has 2 saturated heterocycles. The van der Waals surface area contributed by atoms with E-state index < -0.39 is 0 Å². The van der Waals surface area contributed by atoms with Crippen LogP contribution >= 0.6 is 11.8 Å². The molecule has 4 nitrogen and oxygen atoms in total. The number of amides is 2. The van der Waals surface area contributed by atoms with Crippen molar-refractivity contribution in [1.82, 2.24) is 4.90 Å². The van der Waals surface area contributed by atoms with Gasteiger partial charge in [-0.3, -0.25) is 9.59 Å². The SMILES string of the molecule is CC1Cc2ccccc2N1C(=O)C1CSC2(C)CCC(=O)N12. The van der Waals surface area contributed by atoms with Gasteiger partial charge in [0.2, 0.25) is 5.91 Å². The summed E-state index contributed by atoms with van der Waals surface area (Å²) in [6.45, 7) is 4.18. The fourth-order valence-electron chi connectivity index (χ4n) is 4.07. The molecule has 3 atom stereocenters. The van der Waals surface area contributed by atoms with E-state index in [-0.39, 0.29) is 28.8 Å². The predicted molar refractivity (Wildman–Crippen MR) is 87.8 cm³/mol. The summed E-state index contributed by atoms with van der Waals surface area (Å²) in [5.74, 6) is 0.932. The van der Waals surface area contributed by atoms with Gasteiger partial charge >= 0.3 is 0 Å². The number of benzene rings is 1. The van der Waals surface area contributed by atoms with Crippen LogP contribution < -0.4 is 4.90 Å². The first-order chi connectivity index (χ1) is 10.5. The number of nitrogens with zero attached hydrogens (tertiary/aromatic N) is 2. The highest BCUT2D eigenvalue weighted by Crippen LogP contribution is 2.48. The number of thioether (sulfide) groups is 1. The quantitative estimate of drug-likeness (QED) is 0.799. The molecule has 1 aromatic carbocycles. The summed E-state index contributed by atoms with van der Waals surface area (Å²) in [7, 11) is 0. The second-order valence-electron chi connectivity index (χ2n) is 6.66. The number of hydrogen-bond donors (Lipinski definition) is 0. The van der Waals surface area contributed by atoms with Crippen LogP contribution in [0, 0.1) is 0 Å². The van der Waals surface area contributed by atoms with E-state index in [2.05, 4.69) is 19.9 Å². The van der Waals surface area contributed by atoms with Gasteiger partial charge in [-0.25, -0.2) is 0 Å². The van der Waals surface area contributed by atoms with E-state index in [1.165, 1.54) is 5.56 Å². The van der Waals surface area contributed by atoms with Crippen molar-refractivity contribution in [2.45, 2.75) is 50.1 Å². The number of rotatable bonds is 1. The van der Waals surface area contributed by atoms with Gasteiger partial charge in [0.1, 0.15) is 6.04 Å². The second kappa shape index (κ2) is 4.75. The molecule has 2 amide bonds. The molecule has 0 aliphatic carbocycles. The normalized spacial score (nSPS) is 33.3. The molecule has 0 saturated carbocycles. The van der Waals surface area contributed by atoms with E-state index in [0.29, 0.717) is 12.2 Å². The third-order valence-corrected chi connectivity index (χ3v) is 6.68. The number of hydrogen-bond acceptors (Lipinski definition) is 3. The van der Waals surface area contributed by atoms with Crippen molar-refractivity contribution < 1.29 is 9.59 Å². The number of carbonyl (C=O) groups is 2. The molecule has 0 N–H and O–H groups in total. The summed E-state index contributed by atoms with van der Waals surface area (Å²) in [5, 5.41) is 0. The molecule has 22 heavy (non-hydrogen) atoms. The predicted octanol–water partition coefficient (Wildman–Crippen LogP) is 2.42. The largest absolute Gasteiger partial charge is 0.315 e. The number of fused-ring (bicyclic) bond motifs is 2. The fraction of sp³-hybridized carbons (Fsp3) is 0.529. The lowest BCUT2D eigenvalue weighted by Gasteiger charge is -2.33. The Morgan fingerprint density at radius 2 is 2.14 bits per heavy atom. The first-order valence-corrected chi connectivity index (χ1v) is 8.87. The van der Waals surface area contributed by atoms with Gasteiger partial charge in [-0.1, -0.05) is 18.2 Å². The molecule has 3 aliphatic rings. The smallest absolute Gasteiger partial charge is 0.250 e. The number of carbonyl (C=O) groups excluding carboxylic acids is 2. The third kappa shape index (κ3) is 1.84. The van der Waals surface area contributed by atoms with Crippen molar-refractivity contribution in [3.63, 3.8) is 0 Å². The molecule has 0 bridgehead atoms. The molecular formula is C17H20N2O2S. The molecule has 3 unspecified atom stereocenters. The van der Waals surface area contributed by atoms with Crippen molar-refractivity contribution in [2.24, 2.45) is 0 Å². The zero-order valence-corrected chi connectivity index (χ0v) is 13.7. The van der Waals surface area contributed by atoms with Gasteiger partial charge in [0.15, 0.2) is 0 Å². The van der Waals surface area contributed by atoms with Crippen LogP contribution in [0.3, 0.4) is 0 Å². The highest BCUT2D eigenvalue weighted by molar-refractivity contribution is 8.01. The van der Waals surface area contributed by atoms with Crippen molar-refractivity contribution in [3.05, 3.63) is 29.8 Å².